The van der Waals surface area contributed by atoms with Crippen molar-refractivity contribution in [1.29, 1.82) is 0 Å². The van der Waals surface area contributed by atoms with E-state index in [1.807, 2.05) is 6.07 Å². The lowest BCUT2D eigenvalue weighted by Crippen LogP contribution is -2.02. The molecule has 0 spiro atoms. The standard InChI is InChI=1S/C12H8Br2F2N2/c13-8-4-9(14)12(18-6-8)17-5-7-1-2-10(15)11(16)3-7/h1-4,6H,5H2,(H,17,18). The van der Waals surface area contributed by atoms with Crippen LogP contribution in [0.4, 0.5) is 14.6 Å². The lowest BCUT2D eigenvalue weighted by atomic mass is 10.2. The van der Waals surface area contributed by atoms with Gasteiger partial charge in [0.15, 0.2) is 11.6 Å². The van der Waals surface area contributed by atoms with E-state index in [9.17, 15) is 8.78 Å². The quantitative estimate of drug-likeness (QED) is 0.851. The van der Waals surface area contributed by atoms with Crippen molar-refractivity contribution in [3.05, 3.63) is 56.6 Å². The van der Waals surface area contributed by atoms with Crippen LogP contribution in [0, 0.1) is 11.6 Å². The summed E-state index contributed by atoms with van der Waals surface area (Å²) in [6, 6.07) is 5.64. The fourth-order valence-electron chi connectivity index (χ4n) is 1.38. The maximum atomic E-state index is 13.0. The first-order chi connectivity index (χ1) is 8.56. The van der Waals surface area contributed by atoms with E-state index in [1.54, 1.807) is 6.20 Å². The lowest BCUT2D eigenvalue weighted by molar-refractivity contribution is 0.507. The second kappa shape index (κ2) is 5.75. The Morgan fingerprint density at radius 1 is 1.11 bits per heavy atom. The molecule has 2 nitrogen and oxygen atoms in total. The number of hydrogen-bond acceptors (Lipinski definition) is 2. The first-order valence-corrected chi connectivity index (χ1v) is 6.63. The predicted octanol–water partition coefficient (Wildman–Crippen LogP) is 4.50. The second-order valence-corrected chi connectivity index (χ2v) is 5.36. The van der Waals surface area contributed by atoms with E-state index < -0.39 is 11.6 Å². The number of benzene rings is 1. The van der Waals surface area contributed by atoms with Crippen molar-refractivity contribution < 1.29 is 8.78 Å². The molecule has 1 aromatic heterocycles. The zero-order valence-electron chi connectivity index (χ0n) is 9.05. The summed E-state index contributed by atoms with van der Waals surface area (Å²) in [5.41, 5.74) is 0.644. The molecule has 2 rings (SSSR count). The summed E-state index contributed by atoms with van der Waals surface area (Å²) >= 11 is 6.66. The van der Waals surface area contributed by atoms with Crippen molar-refractivity contribution in [3.8, 4) is 0 Å². The first kappa shape index (κ1) is 13.4. The highest BCUT2D eigenvalue weighted by atomic mass is 79.9. The SMILES string of the molecule is Fc1ccc(CNc2ncc(Br)cc2Br)cc1F. The molecule has 0 saturated carbocycles. The number of nitrogens with zero attached hydrogens (tertiary/aromatic N) is 1. The van der Waals surface area contributed by atoms with Crippen LogP contribution in [0.15, 0.2) is 39.4 Å². The summed E-state index contributed by atoms with van der Waals surface area (Å²) in [6.45, 7) is 0.366. The Kier molecular flexibility index (Phi) is 4.29. The highest BCUT2D eigenvalue weighted by Crippen LogP contribution is 2.24. The third-order valence-electron chi connectivity index (χ3n) is 2.25. The van der Waals surface area contributed by atoms with Crippen LogP contribution in [-0.2, 0) is 6.54 Å². The third-order valence-corrected chi connectivity index (χ3v) is 3.29. The minimum absolute atomic E-state index is 0.366. The van der Waals surface area contributed by atoms with Crippen LogP contribution in [0.2, 0.25) is 0 Å². The van der Waals surface area contributed by atoms with Gasteiger partial charge >= 0.3 is 0 Å². The van der Waals surface area contributed by atoms with Gasteiger partial charge in [0, 0.05) is 17.2 Å². The molecule has 0 atom stereocenters. The molecule has 0 aliphatic heterocycles. The molecule has 0 aliphatic carbocycles. The molecule has 0 amide bonds. The normalized spacial score (nSPS) is 10.4. The van der Waals surface area contributed by atoms with Crippen molar-refractivity contribution in [2.75, 3.05) is 5.32 Å². The van der Waals surface area contributed by atoms with Gasteiger partial charge in [0.05, 0.1) is 4.47 Å². The Balaban J connectivity index is 2.09. The summed E-state index contributed by atoms with van der Waals surface area (Å²) in [6.07, 6.45) is 1.65. The van der Waals surface area contributed by atoms with Gasteiger partial charge in [-0.15, -0.1) is 0 Å². The van der Waals surface area contributed by atoms with Crippen molar-refractivity contribution in [3.63, 3.8) is 0 Å². The van der Waals surface area contributed by atoms with Crippen LogP contribution >= 0.6 is 31.9 Å². The van der Waals surface area contributed by atoms with E-state index in [0.717, 1.165) is 21.1 Å². The third kappa shape index (κ3) is 3.26. The number of rotatable bonds is 3. The van der Waals surface area contributed by atoms with E-state index in [0.29, 0.717) is 17.9 Å². The smallest absolute Gasteiger partial charge is 0.159 e. The van der Waals surface area contributed by atoms with Gasteiger partial charge in [0.25, 0.3) is 0 Å². The number of anilines is 1. The first-order valence-electron chi connectivity index (χ1n) is 5.05. The summed E-state index contributed by atoms with van der Waals surface area (Å²) in [7, 11) is 0. The van der Waals surface area contributed by atoms with Crippen molar-refractivity contribution in [2.24, 2.45) is 0 Å². The molecule has 1 N–H and O–H groups in total. The molecule has 0 bridgehead atoms. The van der Waals surface area contributed by atoms with E-state index >= 15 is 0 Å². The van der Waals surface area contributed by atoms with Gasteiger partial charge in [0.2, 0.25) is 0 Å². The van der Waals surface area contributed by atoms with Crippen LogP contribution in [0.1, 0.15) is 5.56 Å². The molecule has 0 aliphatic rings. The van der Waals surface area contributed by atoms with Crippen molar-refractivity contribution in [1.82, 2.24) is 4.98 Å². The van der Waals surface area contributed by atoms with E-state index in [2.05, 4.69) is 42.2 Å². The molecular weight excluding hydrogens is 370 g/mol. The fourth-order valence-corrected chi connectivity index (χ4v) is 2.51. The van der Waals surface area contributed by atoms with Gasteiger partial charge in [-0.2, -0.15) is 0 Å². The van der Waals surface area contributed by atoms with Gasteiger partial charge < -0.3 is 5.32 Å². The maximum absolute atomic E-state index is 13.0. The van der Waals surface area contributed by atoms with Gasteiger partial charge in [-0.25, -0.2) is 13.8 Å². The zero-order valence-corrected chi connectivity index (χ0v) is 12.2. The number of aromatic nitrogens is 1. The molecule has 0 radical (unpaired) electrons. The molecule has 0 unspecified atom stereocenters. The molecule has 1 aromatic carbocycles. The molecule has 1 heterocycles. The van der Waals surface area contributed by atoms with Crippen molar-refractivity contribution >= 4 is 37.7 Å². The van der Waals surface area contributed by atoms with Crippen LogP contribution < -0.4 is 5.32 Å². The predicted molar refractivity (Wildman–Crippen MR) is 73.3 cm³/mol. The van der Waals surface area contributed by atoms with Crippen molar-refractivity contribution in [2.45, 2.75) is 6.54 Å². The van der Waals surface area contributed by atoms with Gasteiger partial charge in [-0.3, -0.25) is 0 Å². The fraction of sp³-hybridized carbons (Fsp3) is 0.0833. The number of halogens is 4. The lowest BCUT2D eigenvalue weighted by Gasteiger charge is -2.08. The number of hydrogen-bond donors (Lipinski definition) is 1. The average molecular weight is 378 g/mol. The van der Waals surface area contributed by atoms with Crippen LogP contribution in [0.5, 0.6) is 0 Å². The minimum atomic E-state index is -0.850. The molecule has 6 heteroatoms. The summed E-state index contributed by atoms with van der Waals surface area (Å²) < 4.78 is 27.4. The van der Waals surface area contributed by atoms with Crippen LogP contribution in [0.3, 0.4) is 0 Å². The largest absolute Gasteiger partial charge is 0.365 e. The zero-order chi connectivity index (χ0) is 13.1. The monoisotopic (exact) mass is 376 g/mol. The van der Waals surface area contributed by atoms with E-state index in [-0.39, 0.29) is 0 Å². The Morgan fingerprint density at radius 2 is 1.89 bits per heavy atom. The topological polar surface area (TPSA) is 24.9 Å². The Labute approximate surface area is 120 Å². The summed E-state index contributed by atoms with van der Waals surface area (Å²) in [4.78, 5) is 4.16. The number of nitrogens with one attached hydrogen (secondary N) is 1. The van der Waals surface area contributed by atoms with Gasteiger partial charge in [0.1, 0.15) is 5.82 Å². The second-order valence-electron chi connectivity index (χ2n) is 3.59. The van der Waals surface area contributed by atoms with E-state index in [1.165, 1.54) is 6.07 Å². The molecule has 94 valence electrons. The average Bonchev–Trinajstić information content (AvgIpc) is 2.32. The molecule has 0 saturated heterocycles. The Morgan fingerprint density at radius 3 is 2.56 bits per heavy atom. The Bertz CT molecular complexity index is 576. The van der Waals surface area contributed by atoms with E-state index in [4.69, 9.17) is 0 Å². The molecule has 0 fully saturated rings. The molecule has 18 heavy (non-hydrogen) atoms. The highest BCUT2D eigenvalue weighted by molar-refractivity contribution is 9.11. The highest BCUT2D eigenvalue weighted by Gasteiger charge is 2.05. The summed E-state index contributed by atoms with van der Waals surface area (Å²) in [5.74, 6) is -1.05. The van der Waals surface area contributed by atoms with Gasteiger partial charge in [-0.05, 0) is 55.6 Å². The van der Waals surface area contributed by atoms with Crippen LogP contribution in [-0.4, -0.2) is 4.98 Å². The Hall–Kier alpha value is -1.01. The summed E-state index contributed by atoms with van der Waals surface area (Å²) in [5, 5.41) is 3.04. The minimum Gasteiger partial charge on any atom is -0.365 e. The molecule has 2 aromatic rings. The maximum Gasteiger partial charge on any atom is 0.159 e. The molecular formula is C12H8Br2F2N2. The number of pyridine rings is 1. The van der Waals surface area contributed by atoms with Crippen LogP contribution in [0.25, 0.3) is 0 Å². The van der Waals surface area contributed by atoms with Gasteiger partial charge in [-0.1, -0.05) is 6.07 Å².